The highest BCUT2D eigenvalue weighted by Gasteiger charge is 2.21. The molecule has 1 aromatic carbocycles. The number of aliphatic imine (C=N–C) groups is 1. The summed E-state index contributed by atoms with van der Waals surface area (Å²) in [4.78, 5) is 6.72. The number of rotatable bonds is 8. The lowest BCUT2D eigenvalue weighted by Gasteiger charge is -2.34. The molecular weight excluding hydrogens is 318 g/mol. The number of hydrogen-bond acceptors (Lipinski definition) is 4. The molecule has 6 nitrogen and oxygen atoms in total. The third kappa shape index (κ3) is 6.55. The minimum atomic E-state index is 0.389. The summed E-state index contributed by atoms with van der Waals surface area (Å²) in [5.41, 5.74) is 1.17. The van der Waals surface area contributed by atoms with Crippen LogP contribution in [0.25, 0.3) is 0 Å². The quantitative estimate of drug-likeness (QED) is 0.443. The topological polar surface area (TPSA) is 55.3 Å². The van der Waals surface area contributed by atoms with Crippen molar-refractivity contribution in [2.24, 2.45) is 4.99 Å². The van der Waals surface area contributed by atoms with E-state index >= 15 is 0 Å². The van der Waals surface area contributed by atoms with E-state index < -0.39 is 0 Å². The summed E-state index contributed by atoms with van der Waals surface area (Å²) >= 11 is 0. The van der Waals surface area contributed by atoms with Crippen molar-refractivity contribution in [3.63, 3.8) is 0 Å². The molecule has 0 saturated carbocycles. The second-order valence-electron chi connectivity index (χ2n) is 6.03. The summed E-state index contributed by atoms with van der Waals surface area (Å²) in [5.74, 6) is 1.81. The van der Waals surface area contributed by atoms with Crippen LogP contribution in [0.2, 0.25) is 0 Å². The zero-order valence-electron chi connectivity index (χ0n) is 15.7. The number of ether oxygens (including phenoxy) is 3. The molecule has 1 aliphatic heterocycles. The fourth-order valence-corrected chi connectivity index (χ4v) is 2.97. The number of likely N-dealkylation sites (tertiary alicyclic amines) is 1. The standard InChI is InChI=1S/C19H31N3O3/c1-4-24-17-8-10-22(11-9-17)19(20-2)21-15-16-6-5-7-18(14-16)25-13-12-23-3/h5-7,14,17H,4,8-13,15H2,1-3H3,(H,20,21). The third-order valence-electron chi connectivity index (χ3n) is 4.26. The molecular formula is C19H31N3O3. The van der Waals surface area contributed by atoms with Crippen molar-refractivity contribution in [2.75, 3.05) is 47.1 Å². The highest BCUT2D eigenvalue weighted by atomic mass is 16.5. The zero-order chi connectivity index (χ0) is 17.9. The molecule has 140 valence electrons. The molecule has 0 unspecified atom stereocenters. The molecule has 2 rings (SSSR count). The predicted octanol–water partition coefficient (Wildman–Crippen LogP) is 2.29. The lowest BCUT2D eigenvalue weighted by atomic mass is 10.1. The highest BCUT2D eigenvalue weighted by Crippen LogP contribution is 2.15. The summed E-state index contributed by atoms with van der Waals surface area (Å²) in [6, 6.07) is 8.12. The van der Waals surface area contributed by atoms with Gasteiger partial charge in [0.25, 0.3) is 0 Å². The molecule has 0 radical (unpaired) electrons. The van der Waals surface area contributed by atoms with Gasteiger partial charge in [-0.05, 0) is 37.5 Å². The van der Waals surface area contributed by atoms with Gasteiger partial charge in [0, 0.05) is 40.4 Å². The number of methoxy groups -OCH3 is 1. The van der Waals surface area contributed by atoms with Crippen molar-refractivity contribution in [1.82, 2.24) is 10.2 Å². The van der Waals surface area contributed by atoms with E-state index in [1.54, 1.807) is 7.11 Å². The molecule has 1 saturated heterocycles. The number of benzene rings is 1. The van der Waals surface area contributed by atoms with Gasteiger partial charge in [-0.2, -0.15) is 0 Å². The first-order valence-electron chi connectivity index (χ1n) is 9.04. The normalized spacial score (nSPS) is 16.1. The monoisotopic (exact) mass is 349 g/mol. The summed E-state index contributed by atoms with van der Waals surface area (Å²) in [5, 5.41) is 3.45. The molecule has 25 heavy (non-hydrogen) atoms. The largest absolute Gasteiger partial charge is 0.491 e. The van der Waals surface area contributed by atoms with Gasteiger partial charge in [0.1, 0.15) is 12.4 Å². The van der Waals surface area contributed by atoms with Crippen LogP contribution in [0.1, 0.15) is 25.3 Å². The van der Waals surface area contributed by atoms with Crippen molar-refractivity contribution in [3.05, 3.63) is 29.8 Å². The lowest BCUT2D eigenvalue weighted by molar-refractivity contribution is 0.0263. The Morgan fingerprint density at radius 2 is 2.08 bits per heavy atom. The Labute approximate surface area is 151 Å². The average molecular weight is 349 g/mol. The Bertz CT molecular complexity index is 528. The van der Waals surface area contributed by atoms with Gasteiger partial charge < -0.3 is 24.4 Å². The van der Waals surface area contributed by atoms with Crippen molar-refractivity contribution in [1.29, 1.82) is 0 Å². The minimum absolute atomic E-state index is 0.389. The lowest BCUT2D eigenvalue weighted by Crippen LogP contribution is -2.46. The minimum Gasteiger partial charge on any atom is -0.491 e. The fourth-order valence-electron chi connectivity index (χ4n) is 2.97. The maximum Gasteiger partial charge on any atom is 0.193 e. The number of hydrogen-bond donors (Lipinski definition) is 1. The van der Waals surface area contributed by atoms with Crippen LogP contribution in [0.3, 0.4) is 0 Å². The van der Waals surface area contributed by atoms with Crippen LogP contribution in [0.15, 0.2) is 29.3 Å². The average Bonchev–Trinajstić information content (AvgIpc) is 2.64. The molecule has 0 atom stereocenters. The number of nitrogens with one attached hydrogen (secondary N) is 1. The molecule has 1 aromatic rings. The molecule has 1 aliphatic rings. The Kier molecular flexibility index (Phi) is 8.55. The van der Waals surface area contributed by atoms with Gasteiger partial charge >= 0.3 is 0 Å². The maximum absolute atomic E-state index is 5.72. The van der Waals surface area contributed by atoms with E-state index in [2.05, 4.69) is 34.3 Å². The second kappa shape index (κ2) is 10.9. The molecule has 1 N–H and O–H groups in total. The smallest absolute Gasteiger partial charge is 0.193 e. The maximum atomic E-state index is 5.72. The molecule has 1 heterocycles. The van der Waals surface area contributed by atoms with Crippen LogP contribution in [0.5, 0.6) is 5.75 Å². The molecule has 0 spiro atoms. The SMILES string of the molecule is CCOC1CCN(C(=NC)NCc2cccc(OCCOC)c2)CC1. The van der Waals surface area contributed by atoms with Gasteiger partial charge in [0.05, 0.1) is 12.7 Å². The van der Waals surface area contributed by atoms with Crippen LogP contribution < -0.4 is 10.1 Å². The molecule has 0 aliphatic carbocycles. The Morgan fingerprint density at radius 1 is 1.28 bits per heavy atom. The van der Waals surface area contributed by atoms with Gasteiger partial charge in [0.15, 0.2) is 5.96 Å². The summed E-state index contributed by atoms with van der Waals surface area (Å²) in [6.45, 7) is 6.67. The summed E-state index contributed by atoms with van der Waals surface area (Å²) in [7, 11) is 3.51. The number of guanidine groups is 1. The van der Waals surface area contributed by atoms with E-state index in [1.165, 1.54) is 5.56 Å². The van der Waals surface area contributed by atoms with Crippen LogP contribution in [-0.4, -0.2) is 64.0 Å². The first kappa shape index (κ1) is 19.5. The van der Waals surface area contributed by atoms with Crippen molar-refractivity contribution < 1.29 is 14.2 Å². The zero-order valence-corrected chi connectivity index (χ0v) is 15.7. The fraction of sp³-hybridized carbons (Fsp3) is 0.632. The Hall–Kier alpha value is -1.79. The van der Waals surface area contributed by atoms with E-state index in [-0.39, 0.29) is 0 Å². The molecule has 0 bridgehead atoms. The van der Waals surface area contributed by atoms with E-state index in [0.717, 1.165) is 50.8 Å². The molecule has 1 fully saturated rings. The number of piperidine rings is 1. The van der Waals surface area contributed by atoms with E-state index in [4.69, 9.17) is 14.2 Å². The van der Waals surface area contributed by atoms with Gasteiger partial charge in [-0.3, -0.25) is 4.99 Å². The van der Waals surface area contributed by atoms with Gasteiger partial charge in [-0.1, -0.05) is 12.1 Å². The van der Waals surface area contributed by atoms with Gasteiger partial charge in [0.2, 0.25) is 0 Å². The first-order valence-corrected chi connectivity index (χ1v) is 9.04. The van der Waals surface area contributed by atoms with E-state index in [9.17, 15) is 0 Å². The molecule has 0 amide bonds. The van der Waals surface area contributed by atoms with Crippen LogP contribution >= 0.6 is 0 Å². The predicted molar refractivity (Wildman–Crippen MR) is 100 cm³/mol. The van der Waals surface area contributed by atoms with Crippen molar-refractivity contribution >= 4 is 5.96 Å². The van der Waals surface area contributed by atoms with Crippen LogP contribution in [-0.2, 0) is 16.0 Å². The summed E-state index contributed by atoms with van der Waals surface area (Å²) in [6.07, 6.45) is 2.50. The summed E-state index contributed by atoms with van der Waals surface area (Å²) < 4.78 is 16.4. The van der Waals surface area contributed by atoms with Gasteiger partial charge in [-0.15, -0.1) is 0 Å². The third-order valence-corrected chi connectivity index (χ3v) is 4.26. The number of nitrogens with zero attached hydrogens (tertiary/aromatic N) is 2. The van der Waals surface area contributed by atoms with E-state index in [1.807, 2.05) is 19.2 Å². The highest BCUT2D eigenvalue weighted by molar-refractivity contribution is 5.80. The molecule has 6 heteroatoms. The van der Waals surface area contributed by atoms with Crippen LogP contribution in [0.4, 0.5) is 0 Å². The second-order valence-corrected chi connectivity index (χ2v) is 6.03. The Morgan fingerprint density at radius 3 is 2.76 bits per heavy atom. The Balaban J connectivity index is 1.82. The van der Waals surface area contributed by atoms with Crippen molar-refractivity contribution in [2.45, 2.75) is 32.4 Å². The van der Waals surface area contributed by atoms with E-state index in [0.29, 0.717) is 19.3 Å². The first-order chi connectivity index (χ1) is 12.3. The van der Waals surface area contributed by atoms with Crippen LogP contribution in [0, 0.1) is 0 Å². The van der Waals surface area contributed by atoms with Crippen molar-refractivity contribution in [3.8, 4) is 5.75 Å². The molecule has 0 aromatic heterocycles. The van der Waals surface area contributed by atoms with Gasteiger partial charge in [-0.25, -0.2) is 0 Å².